The van der Waals surface area contributed by atoms with E-state index < -0.39 is 10.1 Å². The minimum atomic E-state index is -3.88. The first-order chi connectivity index (χ1) is 12.1. The first-order valence-electron chi connectivity index (χ1n) is 10.2. The van der Waals surface area contributed by atoms with Crippen molar-refractivity contribution in [3.05, 3.63) is 12.2 Å². The van der Waals surface area contributed by atoms with Crippen molar-refractivity contribution in [2.75, 3.05) is 19.0 Å². The molecule has 1 N–H and O–H groups in total. The molecule has 0 radical (unpaired) electrons. The summed E-state index contributed by atoms with van der Waals surface area (Å²) in [6.45, 7) is 2.93. The first kappa shape index (κ1) is 28.8. The molecule has 0 aliphatic heterocycles. The molecule has 0 aliphatic carbocycles. The second kappa shape index (κ2) is 21.9. The van der Waals surface area contributed by atoms with Gasteiger partial charge in [0.1, 0.15) is 0 Å². The molecule has 0 bridgehead atoms. The molecule has 152 valence electrons. The molecular weight excluding hydrogens is 359 g/mol. The first-order valence-corrected chi connectivity index (χ1v) is 11.8. The van der Waals surface area contributed by atoms with Gasteiger partial charge in [-0.05, 0) is 32.1 Å². The van der Waals surface area contributed by atoms with Crippen LogP contribution in [0.4, 0.5) is 0 Å². The Balaban J connectivity index is 0. The van der Waals surface area contributed by atoms with Crippen LogP contribution in [0, 0.1) is 0 Å². The third-order valence-corrected chi connectivity index (χ3v) is 4.97. The molecular formula is C20H41NaO4S. The Morgan fingerprint density at radius 3 is 1.69 bits per heavy atom. The van der Waals surface area contributed by atoms with E-state index in [1.165, 1.54) is 77.0 Å². The van der Waals surface area contributed by atoms with Crippen molar-refractivity contribution in [3.63, 3.8) is 0 Å². The number of rotatable bonds is 19. The summed E-state index contributed by atoms with van der Waals surface area (Å²) < 4.78 is 34.7. The standard InChI is InChI=1S/C20H40O4S.Na.H/c1-2-3-4-5-6-7-8-9-10-11-12-13-14-15-16-17-18-24-19-20-25(21,22)23;;/h9-10H,2-8,11-20H2,1H3,(H,21,22,23);;/b10-9-;;. The molecule has 0 saturated carbocycles. The zero-order valence-corrected chi connectivity index (χ0v) is 17.1. The van der Waals surface area contributed by atoms with Gasteiger partial charge in [-0.3, -0.25) is 4.55 Å². The van der Waals surface area contributed by atoms with E-state index in [1.54, 1.807) is 0 Å². The molecule has 4 nitrogen and oxygen atoms in total. The van der Waals surface area contributed by atoms with Gasteiger partial charge in [0, 0.05) is 6.61 Å². The molecule has 0 aromatic rings. The molecule has 0 rings (SSSR count). The number of hydrogen-bond donors (Lipinski definition) is 1. The fraction of sp³-hybridized carbons (Fsp3) is 0.900. The summed E-state index contributed by atoms with van der Waals surface area (Å²) in [6, 6.07) is 0. The minimum absolute atomic E-state index is 0. The van der Waals surface area contributed by atoms with Crippen LogP contribution in [-0.4, -0.2) is 61.5 Å². The van der Waals surface area contributed by atoms with Crippen LogP contribution >= 0.6 is 0 Å². The third kappa shape index (κ3) is 26.8. The van der Waals surface area contributed by atoms with Crippen LogP contribution in [0.1, 0.15) is 96.8 Å². The van der Waals surface area contributed by atoms with Crippen molar-refractivity contribution >= 4 is 39.7 Å². The van der Waals surface area contributed by atoms with Gasteiger partial charge in [0.05, 0.1) is 12.4 Å². The summed E-state index contributed by atoms with van der Waals surface area (Å²) in [6.07, 6.45) is 22.5. The fourth-order valence-electron chi connectivity index (χ4n) is 2.72. The van der Waals surface area contributed by atoms with Gasteiger partial charge >= 0.3 is 29.6 Å². The third-order valence-electron chi connectivity index (χ3n) is 4.29. The van der Waals surface area contributed by atoms with Crippen molar-refractivity contribution in [1.29, 1.82) is 0 Å². The number of hydrogen-bond acceptors (Lipinski definition) is 3. The molecule has 0 unspecified atom stereocenters. The van der Waals surface area contributed by atoms with E-state index in [0.717, 1.165) is 12.8 Å². The van der Waals surface area contributed by atoms with Gasteiger partial charge in [0.25, 0.3) is 10.1 Å². The topological polar surface area (TPSA) is 63.6 Å². The van der Waals surface area contributed by atoms with Gasteiger partial charge in [-0.1, -0.05) is 76.9 Å². The Kier molecular flexibility index (Phi) is 24.3. The molecule has 0 aromatic heterocycles. The van der Waals surface area contributed by atoms with Crippen LogP contribution < -0.4 is 0 Å². The Morgan fingerprint density at radius 2 is 1.19 bits per heavy atom. The quantitative estimate of drug-likeness (QED) is 0.139. The van der Waals surface area contributed by atoms with E-state index in [4.69, 9.17) is 9.29 Å². The maximum atomic E-state index is 10.5. The van der Waals surface area contributed by atoms with Crippen LogP contribution in [0.2, 0.25) is 0 Å². The van der Waals surface area contributed by atoms with E-state index in [0.29, 0.717) is 6.61 Å². The Labute approximate surface area is 184 Å². The summed E-state index contributed by atoms with van der Waals surface area (Å²) in [4.78, 5) is 0. The molecule has 0 amide bonds. The van der Waals surface area contributed by atoms with E-state index in [9.17, 15) is 8.42 Å². The number of unbranched alkanes of at least 4 members (excludes halogenated alkanes) is 12. The van der Waals surface area contributed by atoms with Crippen molar-refractivity contribution < 1.29 is 17.7 Å². The fourth-order valence-corrected chi connectivity index (χ4v) is 3.05. The second-order valence-corrected chi connectivity index (χ2v) is 8.41. The van der Waals surface area contributed by atoms with Crippen molar-refractivity contribution in [2.24, 2.45) is 0 Å². The Bertz CT molecular complexity index is 397. The van der Waals surface area contributed by atoms with Gasteiger partial charge in [-0.2, -0.15) is 8.42 Å². The predicted molar refractivity (Wildman–Crippen MR) is 114 cm³/mol. The normalized spacial score (nSPS) is 11.8. The monoisotopic (exact) mass is 400 g/mol. The van der Waals surface area contributed by atoms with Crippen molar-refractivity contribution in [1.82, 2.24) is 0 Å². The van der Waals surface area contributed by atoms with E-state index in [1.807, 2.05) is 0 Å². The van der Waals surface area contributed by atoms with Crippen LogP contribution in [0.3, 0.4) is 0 Å². The molecule has 0 fully saturated rings. The predicted octanol–water partition coefficient (Wildman–Crippen LogP) is 5.28. The van der Waals surface area contributed by atoms with Gasteiger partial charge in [-0.15, -0.1) is 0 Å². The summed E-state index contributed by atoms with van der Waals surface area (Å²) in [5.74, 6) is -0.306. The van der Waals surface area contributed by atoms with Gasteiger partial charge in [0.2, 0.25) is 0 Å². The van der Waals surface area contributed by atoms with Gasteiger partial charge < -0.3 is 4.74 Å². The van der Waals surface area contributed by atoms with Crippen LogP contribution in [0.5, 0.6) is 0 Å². The number of allylic oxidation sites excluding steroid dienone is 2. The molecule has 0 aliphatic rings. The molecule has 0 atom stereocenters. The molecule has 0 aromatic carbocycles. The van der Waals surface area contributed by atoms with Crippen LogP contribution in [0.15, 0.2) is 12.2 Å². The molecule has 26 heavy (non-hydrogen) atoms. The zero-order chi connectivity index (χ0) is 18.6. The van der Waals surface area contributed by atoms with E-state index >= 15 is 0 Å². The van der Waals surface area contributed by atoms with Gasteiger partial charge in [0.15, 0.2) is 0 Å². The molecule has 0 saturated heterocycles. The van der Waals surface area contributed by atoms with Crippen molar-refractivity contribution in [2.45, 2.75) is 96.8 Å². The number of ether oxygens (including phenoxy) is 1. The average molecular weight is 401 g/mol. The zero-order valence-electron chi connectivity index (χ0n) is 16.3. The van der Waals surface area contributed by atoms with Crippen LogP contribution in [0.25, 0.3) is 0 Å². The molecule has 0 heterocycles. The van der Waals surface area contributed by atoms with E-state index in [2.05, 4.69) is 19.1 Å². The second-order valence-electron chi connectivity index (χ2n) is 6.84. The molecule has 6 heteroatoms. The Hall–Kier alpha value is 0.610. The maximum absolute atomic E-state index is 10.5. The van der Waals surface area contributed by atoms with Crippen LogP contribution in [-0.2, 0) is 14.9 Å². The average Bonchev–Trinajstić information content (AvgIpc) is 2.56. The summed E-state index contributed by atoms with van der Waals surface area (Å²) in [5.41, 5.74) is 0. The summed E-state index contributed by atoms with van der Waals surface area (Å²) in [7, 11) is -3.88. The van der Waals surface area contributed by atoms with Crippen molar-refractivity contribution in [3.8, 4) is 0 Å². The SMILES string of the molecule is CCCCCCCC/C=C\CCCCCCCCOCCS(=O)(=O)O.[NaH]. The summed E-state index contributed by atoms with van der Waals surface area (Å²) >= 11 is 0. The van der Waals surface area contributed by atoms with Gasteiger partial charge in [-0.25, -0.2) is 0 Å². The molecule has 0 spiro atoms. The summed E-state index contributed by atoms with van der Waals surface area (Å²) in [5, 5.41) is 0. The van der Waals surface area contributed by atoms with E-state index in [-0.39, 0.29) is 41.9 Å². The Morgan fingerprint density at radius 1 is 0.731 bits per heavy atom.